The Morgan fingerprint density at radius 1 is 0.810 bits per heavy atom. The van der Waals surface area contributed by atoms with E-state index in [1.807, 2.05) is 61.5 Å². The van der Waals surface area contributed by atoms with E-state index in [2.05, 4.69) is 5.32 Å². The molecule has 42 heavy (non-hydrogen) atoms. The van der Waals surface area contributed by atoms with Crippen molar-refractivity contribution in [2.45, 2.75) is 26.3 Å². The highest BCUT2D eigenvalue weighted by atomic mass is 19.4. The van der Waals surface area contributed by atoms with Crippen LogP contribution in [0, 0.1) is 11.3 Å². The van der Waals surface area contributed by atoms with Gasteiger partial charge < -0.3 is 19.5 Å². The third-order valence-electron chi connectivity index (χ3n) is 5.97. The summed E-state index contributed by atoms with van der Waals surface area (Å²) in [4.78, 5) is 12.7. The number of amides is 1. The number of hydrogen-bond donors (Lipinski definition) is 1. The van der Waals surface area contributed by atoms with Crippen molar-refractivity contribution in [2.24, 2.45) is 0 Å². The van der Waals surface area contributed by atoms with Gasteiger partial charge >= 0.3 is 6.18 Å². The molecule has 0 aliphatic carbocycles. The first-order valence-corrected chi connectivity index (χ1v) is 13.0. The second-order valence-corrected chi connectivity index (χ2v) is 9.02. The number of hydrogen-bond acceptors (Lipinski definition) is 5. The van der Waals surface area contributed by atoms with Gasteiger partial charge in [-0.25, -0.2) is 0 Å². The zero-order valence-electron chi connectivity index (χ0n) is 22.7. The van der Waals surface area contributed by atoms with E-state index in [9.17, 15) is 23.2 Å². The molecule has 0 saturated carbocycles. The van der Waals surface area contributed by atoms with Crippen molar-refractivity contribution < 1.29 is 32.2 Å². The summed E-state index contributed by atoms with van der Waals surface area (Å²) in [5, 5.41) is 12.0. The van der Waals surface area contributed by atoms with Crippen LogP contribution in [0.5, 0.6) is 17.2 Å². The van der Waals surface area contributed by atoms with Gasteiger partial charge in [0.25, 0.3) is 5.91 Å². The molecular weight excluding hydrogens is 545 g/mol. The molecule has 0 unspecified atom stereocenters. The number of nitrogens with zero attached hydrogens (tertiary/aromatic N) is 1. The Labute approximate surface area is 241 Å². The SMILES string of the molecule is CCOc1cc(COc2ccccc2/C=C(\C#N)C(=O)Nc2cccc(C(F)(F)F)c2)ccc1OCc1ccccc1. The number of nitriles is 1. The Morgan fingerprint density at radius 2 is 1.52 bits per heavy atom. The van der Waals surface area contributed by atoms with Crippen LogP contribution >= 0.6 is 0 Å². The highest BCUT2D eigenvalue weighted by Gasteiger charge is 2.30. The lowest BCUT2D eigenvalue weighted by Crippen LogP contribution is -2.14. The van der Waals surface area contributed by atoms with Crippen molar-refractivity contribution in [3.8, 4) is 23.3 Å². The maximum absolute atomic E-state index is 13.0. The average Bonchev–Trinajstić information content (AvgIpc) is 2.99. The number of anilines is 1. The van der Waals surface area contributed by atoms with Crippen molar-refractivity contribution >= 4 is 17.7 Å². The Bertz CT molecular complexity index is 1600. The average molecular weight is 573 g/mol. The number of carbonyl (C=O) groups excluding carboxylic acids is 1. The van der Waals surface area contributed by atoms with Gasteiger partial charge in [-0.15, -0.1) is 0 Å². The van der Waals surface area contributed by atoms with E-state index in [-0.39, 0.29) is 17.9 Å². The quantitative estimate of drug-likeness (QED) is 0.146. The smallest absolute Gasteiger partial charge is 0.416 e. The molecule has 0 fully saturated rings. The van der Waals surface area contributed by atoms with Crippen LogP contribution in [0.2, 0.25) is 0 Å². The van der Waals surface area contributed by atoms with Gasteiger partial charge in [-0.3, -0.25) is 4.79 Å². The Hall–Kier alpha value is -5.23. The third kappa shape index (κ3) is 8.15. The van der Waals surface area contributed by atoms with E-state index in [1.165, 1.54) is 18.2 Å². The largest absolute Gasteiger partial charge is 0.490 e. The Morgan fingerprint density at radius 3 is 2.26 bits per heavy atom. The summed E-state index contributed by atoms with van der Waals surface area (Å²) < 4.78 is 56.8. The van der Waals surface area contributed by atoms with Crippen LogP contribution in [-0.2, 0) is 24.2 Å². The standard InChI is InChI=1S/C33H27F3N2O4/c1-2-40-31-17-24(15-16-30(31)42-21-23-9-4-3-5-10-23)22-41-29-14-7-6-11-25(29)18-26(20-37)32(39)38-28-13-8-12-27(19-28)33(34,35)36/h3-19H,2,21-22H2,1H3,(H,38,39)/b26-18+. The minimum atomic E-state index is -4.57. The predicted octanol–water partition coefficient (Wildman–Crippen LogP) is 7.81. The molecule has 1 amide bonds. The zero-order chi connectivity index (χ0) is 30.0. The topological polar surface area (TPSA) is 80.6 Å². The van der Waals surface area contributed by atoms with Crippen LogP contribution in [0.25, 0.3) is 6.08 Å². The lowest BCUT2D eigenvalue weighted by Gasteiger charge is -2.15. The summed E-state index contributed by atoms with van der Waals surface area (Å²) in [7, 11) is 0. The van der Waals surface area contributed by atoms with E-state index < -0.39 is 17.6 Å². The maximum atomic E-state index is 13.0. The molecule has 4 aromatic rings. The van der Waals surface area contributed by atoms with Gasteiger partial charge in [-0.2, -0.15) is 18.4 Å². The molecule has 0 aromatic heterocycles. The fourth-order valence-electron chi connectivity index (χ4n) is 3.93. The predicted molar refractivity (Wildman–Crippen MR) is 153 cm³/mol. The first-order chi connectivity index (χ1) is 20.3. The molecule has 0 bridgehead atoms. The van der Waals surface area contributed by atoms with E-state index in [0.29, 0.717) is 36.0 Å². The van der Waals surface area contributed by atoms with Crippen molar-refractivity contribution in [3.63, 3.8) is 0 Å². The molecule has 0 aliphatic heterocycles. The molecule has 9 heteroatoms. The van der Waals surface area contributed by atoms with E-state index in [0.717, 1.165) is 23.3 Å². The second-order valence-electron chi connectivity index (χ2n) is 9.02. The lowest BCUT2D eigenvalue weighted by molar-refractivity contribution is -0.137. The molecule has 0 heterocycles. The number of carbonyl (C=O) groups is 1. The van der Waals surface area contributed by atoms with Gasteiger partial charge in [0.05, 0.1) is 12.2 Å². The molecule has 6 nitrogen and oxygen atoms in total. The molecule has 0 atom stereocenters. The van der Waals surface area contributed by atoms with Crippen LogP contribution in [0.4, 0.5) is 18.9 Å². The van der Waals surface area contributed by atoms with Gasteiger partial charge in [0.15, 0.2) is 11.5 Å². The normalized spacial score (nSPS) is 11.4. The summed E-state index contributed by atoms with van der Waals surface area (Å²) in [6.45, 7) is 2.86. The Balaban J connectivity index is 1.47. The number of para-hydroxylation sites is 1. The molecule has 0 radical (unpaired) electrons. The Kier molecular flexibility index (Phi) is 9.85. The minimum Gasteiger partial charge on any atom is -0.490 e. The third-order valence-corrected chi connectivity index (χ3v) is 5.97. The van der Waals surface area contributed by atoms with Gasteiger partial charge in [0.1, 0.15) is 30.6 Å². The number of halogens is 3. The van der Waals surface area contributed by atoms with Crippen molar-refractivity contribution in [1.82, 2.24) is 0 Å². The molecular formula is C33H27F3N2O4. The van der Waals surface area contributed by atoms with Crippen LogP contribution in [0.15, 0.2) is 103 Å². The number of rotatable bonds is 11. The highest BCUT2D eigenvalue weighted by Crippen LogP contribution is 2.32. The van der Waals surface area contributed by atoms with Gasteiger partial charge in [0.2, 0.25) is 0 Å². The van der Waals surface area contributed by atoms with Gasteiger partial charge in [-0.05, 0) is 60.5 Å². The lowest BCUT2D eigenvalue weighted by atomic mass is 10.1. The monoisotopic (exact) mass is 572 g/mol. The van der Waals surface area contributed by atoms with E-state index in [4.69, 9.17) is 14.2 Å². The molecule has 4 rings (SSSR count). The first-order valence-electron chi connectivity index (χ1n) is 13.0. The van der Waals surface area contributed by atoms with Gasteiger partial charge in [-0.1, -0.05) is 60.7 Å². The minimum absolute atomic E-state index is 0.0817. The zero-order valence-corrected chi connectivity index (χ0v) is 22.7. The molecule has 0 saturated heterocycles. The van der Waals surface area contributed by atoms with Gasteiger partial charge in [0, 0.05) is 11.3 Å². The highest BCUT2D eigenvalue weighted by molar-refractivity contribution is 6.09. The molecule has 0 aliphatic rings. The summed E-state index contributed by atoms with van der Waals surface area (Å²) in [6, 6.07) is 28.1. The summed E-state index contributed by atoms with van der Waals surface area (Å²) in [5.41, 5.74) is 0.971. The van der Waals surface area contributed by atoms with Crippen LogP contribution < -0.4 is 19.5 Å². The number of nitrogens with one attached hydrogen (secondary N) is 1. The maximum Gasteiger partial charge on any atom is 0.416 e. The van der Waals surface area contributed by atoms with Crippen molar-refractivity contribution in [3.05, 3.63) is 125 Å². The van der Waals surface area contributed by atoms with E-state index in [1.54, 1.807) is 24.3 Å². The van der Waals surface area contributed by atoms with Crippen LogP contribution in [0.3, 0.4) is 0 Å². The fraction of sp³-hybridized carbons (Fsp3) is 0.152. The summed E-state index contributed by atoms with van der Waals surface area (Å²) >= 11 is 0. The second kappa shape index (κ2) is 13.9. The van der Waals surface area contributed by atoms with Crippen molar-refractivity contribution in [1.29, 1.82) is 5.26 Å². The molecule has 0 spiro atoms. The van der Waals surface area contributed by atoms with Crippen molar-refractivity contribution in [2.75, 3.05) is 11.9 Å². The fourth-order valence-corrected chi connectivity index (χ4v) is 3.93. The number of alkyl halides is 3. The van der Waals surface area contributed by atoms with Crippen LogP contribution in [-0.4, -0.2) is 12.5 Å². The molecule has 4 aromatic carbocycles. The van der Waals surface area contributed by atoms with E-state index >= 15 is 0 Å². The molecule has 1 N–H and O–H groups in total. The van der Waals surface area contributed by atoms with Crippen LogP contribution in [0.1, 0.15) is 29.2 Å². The molecule has 214 valence electrons. The number of ether oxygens (including phenoxy) is 3. The summed E-state index contributed by atoms with van der Waals surface area (Å²) in [5.74, 6) is 0.720. The summed E-state index contributed by atoms with van der Waals surface area (Å²) in [6.07, 6.45) is -3.24. The first kappa shape index (κ1) is 29.7. The number of benzene rings is 4.